The molecular formula is C21H22F3N5O3S. The molecule has 1 aliphatic heterocycles. The van der Waals surface area contributed by atoms with Crippen molar-refractivity contribution < 1.29 is 18.0 Å². The van der Waals surface area contributed by atoms with Crippen molar-refractivity contribution >= 4 is 38.4 Å². The van der Waals surface area contributed by atoms with Crippen LogP contribution in [0.5, 0.6) is 0 Å². The average molecular weight is 482 g/mol. The number of para-hydroxylation sites is 1. The molecule has 4 rings (SSSR count). The van der Waals surface area contributed by atoms with E-state index in [2.05, 4.69) is 10.3 Å². The molecule has 1 aliphatic rings. The van der Waals surface area contributed by atoms with Crippen molar-refractivity contribution in [2.75, 3.05) is 23.3 Å². The molecule has 0 saturated carbocycles. The van der Waals surface area contributed by atoms with E-state index < -0.39 is 41.1 Å². The molecule has 33 heavy (non-hydrogen) atoms. The van der Waals surface area contributed by atoms with Crippen LogP contribution in [0.1, 0.15) is 31.7 Å². The minimum absolute atomic E-state index is 0.0727. The van der Waals surface area contributed by atoms with E-state index in [0.29, 0.717) is 11.6 Å². The maximum absolute atomic E-state index is 13.3. The molecule has 1 saturated heterocycles. The molecule has 1 amide bonds. The second kappa shape index (κ2) is 9.00. The van der Waals surface area contributed by atoms with Crippen LogP contribution in [0.15, 0.2) is 33.9 Å². The number of thiazole rings is 1. The molecule has 0 radical (unpaired) electrons. The lowest BCUT2D eigenvalue weighted by Crippen LogP contribution is -2.41. The largest absolute Gasteiger partial charge is 0.418 e. The Hall–Kier alpha value is -3.15. The zero-order valence-electron chi connectivity index (χ0n) is 17.8. The van der Waals surface area contributed by atoms with Gasteiger partial charge in [0.05, 0.1) is 11.3 Å². The second-order valence-corrected chi connectivity index (χ2v) is 8.74. The lowest BCUT2D eigenvalue weighted by Gasteiger charge is -2.15. The monoisotopic (exact) mass is 481 g/mol. The van der Waals surface area contributed by atoms with Crippen LogP contribution in [-0.2, 0) is 24.1 Å². The highest BCUT2D eigenvalue weighted by molar-refractivity contribution is 7.22. The molecule has 0 atom stereocenters. The summed E-state index contributed by atoms with van der Waals surface area (Å²) in [5, 5.41) is 2.83. The zero-order chi connectivity index (χ0) is 23.8. The molecule has 0 unspecified atom stereocenters. The van der Waals surface area contributed by atoms with Gasteiger partial charge in [0.15, 0.2) is 10.8 Å². The van der Waals surface area contributed by atoms with Crippen molar-refractivity contribution in [3.63, 3.8) is 0 Å². The van der Waals surface area contributed by atoms with Crippen molar-refractivity contribution in [1.82, 2.24) is 14.1 Å². The highest BCUT2D eigenvalue weighted by atomic mass is 32.1. The topological polar surface area (TPSA) is 89.2 Å². The zero-order valence-corrected chi connectivity index (χ0v) is 18.6. The Bertz CT molecular complexity index is 1310. The summed E-state index contributed by atoms with van der Waals surface area (Å²) in [5.41, 5.74) is -2.51. The maximum atomic E-state index is 13.3. The Morgan fingerprint density at radius 2 is 1.85 bits per heavy atom. The number of nitrogens with zero attached hydrogens (tertiary/aromatic N) is 4. The van der Waals surface area contributed by atoms with Gasteiger partial charge in [0.25, 0.3) is 5.56 Å². The van der Waals surface area contributed by atoms with Crippen LogP contribution in [0.3, 0.4) is 0 Å². The van der Waals surface area contributed by atoms with Crippen LogP contribution >= 0.6 is 11.3 Å². The van der Waals surface area contributed by atoms with Gasteiger partial charge in [-0.3, -0.25) is 18.7 Å². The predicted octanol–water partition coefficient (Wildman–Crippen LogP) is 3.29. The molecule has 0 aliphatic carbocycles. The Balaban J connectivity index is 1.74. The quantitative estimate of drug-likeness (QED) is 0.584. The Kier molecular flexibility index (Phi) is 6.28. The number of hydrogen-bond acceptors (Lipinski definition) is 6. The van der Waals surface area contributed by atoms with E-state index in [-0.39, 0.29) is 16.9 Å². The summed E-state index contributed by atoms with van der Waals surface area (Å²) in [6, 6.07) is 4.61. The molecule has 1 aromatic carbocycles. The standard InChI is InChI=1S/C21H22F3N5O3S/c1-2-9-28-18(31)16-17(26-19(33-16)27-10-5-6-11-27)29(20(28)32)12-15(30)25-14-8-4-3-7-13(14)21(22,23)24/h3-4,7-8H,2,5-6,9-12H2,1H3,(H,25,30). The molecule has 3 heterocycles. The van der Waals surface area contributed by atoms with E-state index in [1.807, 2.05) is 11.8 Å². The van der Waals surface area contributed by atoms with Gasteiger partial charge in [-0.2, -0.15) is 13.2 Å². The van der Waals surface area contributed by atoms with Crippen LogP contribution in [0, 0.1) is 0 Å². The third-order valence-electron chi connectivity index (χ3n) is 5.39. The number of benzene rings is 1. The smallest absolute Gasteiger partial charge is 0.348 e. The summed E-state index contributed by atoms with van der Waals surface area (Å²) in [6.45, 7) is 2.95. The normalized spacial score (nSPS) is 14.2. The fourth-order valence-electron chi connectivity index (χ4n) is 3.85. The first-order valence-corrected chi connectivity index (χ1v) is 11.4. The highest BCUT2D eigenvalue weighted by Gasteiger charge is 2.33. The summed E-state index contributed by atoms with van der Waals surface area (Å²) in [4.78, 5) is 45.2. The minimum atomic E-state index is -4.65. The van der Waals surface area contributed by atoms with Crippen molar-refractivity contribution in [2.24, 2.45) is 0 Å². The van der Waals surface area contributed by atoms with E-state index in [1.54, 1.807) is 0 Å². The van der Waals surface area contributed by atoms with E-state index in [0.717, 1.165) is 58.5 Å². The highest BCUT2D eigenvalue weighted by Crippen LogP contribution is 2.34. The van der Waals surface area contributed by atoms with E-state index in [1.165, 1.54) is 12.1 Å². The number of amides is 1. The minimum Gasteiger partial charge on any atom is -0.348 e. The summed E-state index contributed by atoms with van der Waals surface area (Å²) >= 11 is 1.16. The first-order valence-electron chi connectivity index (χ1n) is 10.6. The van der Waals surface area contributed by atoms with Gasteiger partial charge in [-0.1, -0.05) is 30.4 Å². The lowest BCUT2D eigenvalue weighted by atomic mass is 10.1. The molecular weight excluding hydrogens is 459 g/mol. The number of halogens is 3. The fraction of sp³-hybridized carbons (Fsp3) is 0.429. The average Bonchev–Trinajstić information content (AvgIpc) is 3.44. The molecule has 176 valence electrons. The number of nitrogens with one attached hydrogen (secondary N) is 1. The first kappa shape index (κ1) is 23.0. The molecule has 1 fully saturated rings. The predicted molar refractivity (Wildman–Crippen MR) is 120 cm³/mol. The van der Waals surface area contributed by atoms with Gasteiger partial charge < -0.3 is 10.2 Å². The van der Waals surface area contributed by atoms with E-state index in [4.69, 9.17) is 0 Å². The second-order valence-electron chi connectivity index (χ2n) is 7.76. The van der Waals surface area contributed by atoms with Crippen LogP contribution in [-0.4, -0.2) is 33.1 Å². The molecule has 1 N–H and O–H groups in total. The molecule has 0 spiro atoms. The summed E-state index contributed by atoms with van der Waals surface area (Å²) in [5.74, 6) is -0.826. The van der Waals surface area contributed by atoms with Crippen LogP contribution in [0.4, 0.5) is 24.0 Å². The SMILES string of the molecule is CCCn1c(=O)c2sc(N3CCCC3)nc2n(CC(=O)Nc2ccccc2C(F)(F)F)c1=O. The van der Waals surface area contributed by atoms with Crippen LogP contribution in [0.2, 0.25) is 0 Å². The van der Waals surface area contributed by atoms with E-state index >= 15 is 0 Å². The van der Waals surface area contributed by atoms with Crippen molar-refractivity contribution in [1.29, 1.82) is 0 Å². The number of carbonyl (C=O) groups is 1. The van der Waals surface area contributed by atoms with Gasteiger partial charge in [0, 0.05) is 19.6 Å². The van der Waals surface area contributed by atoms with Gasteiger partial charge in [0.2, 0.25) is 5.91 Å². The van der Waals surface area contributed by atoms with Crippen LogP contribution in [0.25, 0.3) is 10.3 Å². The number of rotatable bonds is 6. The number of hydrogen-bond donors (Lipinski definition) is 1. The third kappa shape index (κ3) is 4.52. The molecule has 3 aromatic rings. The number of aromatic nitrogens is 3. The van der Waals surface area contributed by atoms with Gasteiger partial charge in [-0.25, -0.2) is 9.78 Å². The van der Waals surface area contributed by atoms with E-state index in [9.17, 15) is 27.6 Å². The number of anilines is 2. The first-order chi connectivity index (χ1) is 15.7. The lowest BCUT2D eigenvalue weighted by molar-refractivity contribution is -0.137. The summed E-state index contributed by atoms with van der Waals surface area (Å²) in [7, 11) is 0. The van der Waals surface area contributed by atoms with Crippen molar-refractivity contribution in [3.8, 4) is 0 Å². The Labute approximate surface area is 190 Å². The Morgan fingerprint density at radius 1 is 1.15 bits per heavy atom. The third-order valence-corrected chi connectivity index (χ3v) is 6.48. The van der Waals surface area contributed by atoms with Gasteiger partial charge >= 0.3 is 11.9 Å². The van der Waals surface area contributed by atoms with Crippen LogP contribution < -0.4 is 21.5 Å². The Morgan fingerprint density at radius 3 is 2.52 bits per heavy atom. The maximum Gasteiger partial charge on any atom is 0.418 e. The number of carbonyl (C=O) groups excluding carboxylic acids is 1. The number of fused-ring (bicyclic) bond motifs is 1. The number of alkyl halides is 3. The summed E-state index contributed by atoms with van der Waals surface area (Å²) < 4.78 is 42.2. The fourth-order valence-corrected chi connectivity index (χ4v) is 4.92. The molecule has 2 aromatic heterocycles. The molecule has 8 nitrogen and oxygen atoms in total. The van der Waals surface area contributed by atoms with Crippen molar-refractivity contribution in [2.45, 2.75) is 45.5 Å². The molecule has 12 heteroatoms. The summed E-state index contributed by atoms with van der Waals surface area (Å²) in [6.07, 6.45) is -2.15. The molecule has 0 bridgehead atoms. The van der Waals surface area contributed by atoms with Gasteiger partial charge in [-0.05, 0) is 31.4 Å². The van der Waals surface area contributed by atoms with Gasteiger partial charge in [0.1, 0.15) is 11.2 Å². The van der Waals surface area contributed by atoms with Gasteiger partial charge in [-0.15, -0.1) is 0 Å². The van der Waals surface area contributed by atoms with Crippen molar-refractivity contribution in [3.05, 3.63) is 50.7 Å².